The minimum atomic E-state index is -0.451. The number of amides is 1. The van der Waals surface area contributed by atoms with E-state index in [1.165, 1.54) is 34.2 Å². The number of thiazole rings is 1. The second-order valence-corrected chi connectivity index (χ2v) is 8.88. The number of aromatic nitrogens is 3. The quantitative estimate of drug-likeness (QED) is 0.312. The first-order valence-corrected chi connectivity index (χ1v) is 11.8. The van der Waals surface area contributed by atoms with E-state index in [0.29, 0.717) is 54.2 Å². The van der Waals surface area contributed by atoms with Gasteiger partial charge >= 0.3 is 6.09 Å². The van der Waals surface area contributed by atoms with Crippen molar-refractivity contribution in [3.8, 4) is 17.5 Å². The van der Waals surface area contributed by atoms with Gasteiger partial charge in [0.15, 0.2) is 5.76 Å². The summed E-state index contributed by atoms with van der Waals surface area (Å²) in [5, 5.41) is 26.7. The highest BCUT2D eigenvalue weighted by Crippen LogP contribution is 2.41. The molecular weight excluding hydrogens is 476 g/mol. The van der Waals surface area contributed by atoms with Crippen LogP contribution in [0, 0.1) is 10.1 Å². The highest BCUT2D eigenvalue weighted by Gasteiger charge is 2.33. The molecule has 3 aromatic heterocycles. The molecule has 0 saturated carbocycles. The lowest BCUT2D eigenvalue weighted by Gasteiger charge is -2.38. The number of nitro benzene ring substituents is 1. The van der Waals surface area contributed by atoms with Crippen LogP contribution >= 0.6 is 11.3 Å². The van der Waals surface area contributed by atoms with Gasteiger partial charge in [-0.25, -0.2) is 4.79 Å². The van der Waals surface area contributed by atoms with Gasteiger partial charge < -0.3 is 19.2 Å². The van der Waals surface area contributed by atoms with Gasteiger partial charge in [-0.3, -0.25) is 15.0 Å². The zero-order valence-electron chi connectivity index (χ0n) is 18.7. The standard InChI is InChI=1S/C22H22N6O6S/c1-2-33-22(30)26-11-9-25(10-12-26)17(14-5-7-15(8-6-14)28(31)32)18-20(29)27-21(35-18)23-19(24-27)16-4-3-13-34-16/h3-8,13,17,29H,2,9-12H2,1H3/t17-/m0/s1. The van der Waals surface area contributed by atoms with Crippen molar-refractivity contribution in [2.75, 3.05) is 32.8 Å². The Kier molecular flexibility index (Phi) is 6.09. The van der Waals surface area contributed by atoms with E-state index in [9.17, 15) is 20.0 Å². The molecule has 0 bridgehead atoms. The van der Waals surface area contributed by atoms with Crippen molar-refractivity contribution in [3.05, 3.63) is 63.2 Å². The van der Waals surface area contributed by atoms with Crippen LogP contribution in [0.5, 0.6) is 5.88 Å². The summed E-state index contributed by atoms with van der Waals surface area (Å²) in [6, 6.07) is 9.31. The van der Waals surface area contributed by atoms with Crippen LogP contribution in [0.4, 0.5) is 10.5 Å². The fraction of sp³-hybridized carbons (Fsp3) is 0.318. The van der Waals surface area contributed by atoms with Crippen LogP contribution in [0.3, 0.4) is 0 Å². The lowest BCUT2D eigenvalue weighted by molar-refractivity contribution is -0.384. The molecule has 35 heavy (non-hydrogen) atoms. The molecule has 1 amide bonds. The van der Waals surface area contributed by atoms with Crippen molar-refractivity contribution in [3.63, 3.8) is 0 Å². The third kappa shape index (κ3) is 4.31. The van der Waals surface area contributed by atoms with Gasteiger partial charge in [-0.2, -0.15) is 9.50 Å². The molecule has 0 spiro atoms. The summed E-state index contributed by atoms with van der Waals surface area (Å²) in [4.78, 5) is 32.2. The van der Waals surface area contributed by atoms with E-state index in [0.717, 1.165) is 5.56 Å². The van der Waals surface area contributed by atoms with Crippen LogP contribution in [-0.4, -0.2) is 73.3 Å². The number of piperazine rings is 1. The van der Waals surface area contributed by atoms with Gasteiger partial charge in [0.1, 0.15) is 0 Å². The van der Waals surface area contributed by atoms with Gasteiger partial charge in [0.05, 0.1) is 28.7 Å². The van der Waals surface area contributed by atoms with E-state index in [2.05, 4.69) is 15.0 Å². The molecule has 1 aromatic carbocycles. The summed E-state index contributed by atoms with van der Waals surface area (Å²) in [6.07, 6.45) is 1.17. The number of nitrogens with zero attached hydrogens (tertiary/aromatic N) is 6. The predicted octanol–water partition coefficient (Wildman–Crippen LogP) is 3.53. The number of carbonyl (C=O) groups is 1. The first-order valence-electron chi connectivity index (χ1n) is 11.0. The van der Waals surface area contributed by atoms with Crippen LogP contribution in [0.15, 0.2) is 47.1 Å². The number of furan rings is 1. The average molecular weight is 499 g/mol. The van der Waals surface area contributed by atoms with Crippen molar-refractivity contribution in [1.29, 1.82) is 0 Å². The molecule has 0 radical (unpaired) electrons. The minimum absolute atomic E-state index is 0.0189. The molecule has 1 N–H and O–H groups in total. The lowest BCUT2D eigenvalue weighted by Crippen LogP contribution is -2.49. The molecule has 0 aliphatic carbocycles. The molecule has 13 heteroatoms. The Morgan fingerprint density at radius 3 is 2.60 bits per heavy atom. The second kappa shape index (κ2) is 9.35. The number of aromatic hydroxyl groups is 1. The van der Waals surface area contributed by atoms with Crippen molar-refractivity contribution in [2.45, 2.75) is 13.0 Å². The smallest absolute Gasteiger partial charge is 0.409 e. The summed E-state index contributed by atoms with van der Waals surface area (Å²) in [7, 11) is 0. The van der Waals surface area contributed by atoms with E-state index < -0.39 is 11.0 Å². The Balaban J connectivity index is 1.49. The van der Waals surface area contributed by atoms with Crippen LogP contribution in [-0.2, 0) is 4.74 Å². The molecule has 1 saturated heterocycles. The van der Waals surface area contributed by atoms with Crippen LogP contribution in [0.2, 0.25) is 0 Å². The Labute approximate surface area is 203 Å². The first kappa shape index (κ1) is 22.8. The fourth-order valence-corrected chi connectivity index (χ4v) is 5.24. The van der Waals surface area contributed by atoms with E-state index >= 15 is 0 Å². The normalized spacial score (nSPS) is 15.4. The average Bonchev–Trinajstić information content (AvgIpc) is 3.59. The zero-order chi connectivity index (χ0) is 24.5. The topological polar surface area (TPSA) is 139 Å². The summed E-state index contributed by atoms with van der Waals surface area (Å²) in [5.41, 5.74) is 0.751. The molecule has 1 aliphatic heterocycles. The van der Waals surface area contributed by atoms with Gasteiger partial charge in [-0.05, 0) is 24.6 Å². The molecule has 1 aliphatic rings. The van der Waals surface area contributed by atoms with E-state index in [4.69, 9.17) is 9.15 Å². The van der Waals surface area contributed by atoms with Crippen LogP contribution in [0.25, 0.3) is 16.5 Å². The Morgan fingerprint density at radius 1 is 1.26 bits per heavy atom. The SMILES string of the molecule is CCOC(=O)N1CCN([C@@H](c2ccc([N+](=O)[O-])cc2)c2sc3nc(-c4ccco4)nn3c2O)CC1. The van der Waals surface area contributed by atoms with Gasteiger partial charge in [0, 0.05) is 38.3 Å². The van der Waals surface area contributed by atoms with Gasteiger partial charge in [0.2, 0.25) is 16.7 Å². The van der Waals surface area contributed by atoms with Crippen molar-refractivity contribution < 1.29 is 24.0 Å². The lowest BCUT2D eigenvalue weighted by atomic mass is 10.0. The Hall–Kier alpha value is -3.97. The maximum Gasteiger partial charge on any atom is 0.409 e. The largest absolute Gasteiger partial charge is 0.492 e. The van der Waals surface area contributed by atoms with Gasteiger partial charge in [-0.1, -0.05) is 23.5 Å². The molecule has 12 nitrogen and oxygen atoms in total. The van der Waals surface area contributed by atoms with Gasteiger partial charge in [-0.15, -0.1) is 5.10 Å². The Bertz CT molecular complexity index is 1340. The molecule has 1 atom stereocenters. The van der Waals surface area contributed by atoms with E-state index in [1.807, 2.05) is 0 Å². The third-order valence-electron chi connectivity index (χ3n) is 5.81. The fourth-order valence-electron chi connectivity index (χ4n) is 4.12. The maximum absolute atomic E-state index is 12.1. The third-order valence-corrected chi connectivity index (χ3v) is 6.89. The molecule has 5 rings (SSSR count). The zero-order valence-corrected chi connectivity index (χ0v) is 19.6. The summed E-state index contributed by atoms with van der Waals surface area (Å²) in [5.74, 6) is 0.786. The van der Waals surface area contributed by atoms with E-state index in [1.54, 1.807) is 36.1 Å². The number of rotatable bonds is 6. The Morgan fingerprint density at radius 2 is 2.00 bits per heavy atom. The van der Waals surface area contributed by atoms with Crippen molar-refractivity contribution >= 4 is 28.1 Å². The van der Waals surface area contributed by atoms with Crippen molar-refractivity contribution in [2.24, 2.45) is 0 Å². The number of benzene rings is 1. The summed E-state index contributed by atoms with van der Waals surface area (Å²) < 4.78 is 11.8. The number of nitro groups is 1. The first-order chi connectivity index (χ1) is 17.0. The van der Waals surface area contributed by atoms with E-state index in [-0.39, 0.29) is 17.7 Å². The van der Waals surface area contributed by atoms with Gasteiger partial charge in [0.25, 0.3) is 5.69 Å². The summed E-state index contributed by atoms with van der Waals surface area (Å²) in [6.45, 7) is 4.01. The van der Waals surface area contributed by atoms with Crippen molar-refractivity contribution in [1.82, 2.24) is 24.4 Å². The number of hydrogen-bond acceptors (Lipinski definition) is 10. The monoisotopic (exact) mass is 498 g/mol. The second-order valence-electron chi connectivity index (χ2n) is 7.87. The molecular formula is C22H22N6O6S. The molecule has 4 aromatic rings. The van der Waals surface area contributed by atoms with Crippen LogP contribution < -0.4 is 0 Å². The molecule has 0 unspecified atom stereocenters. The summed E-state index contributed by atoms with van der Waals surface area (Å²) >= 11 is 1.28. The number of carbonyl (C=O) groups excluding carboxylic acids is 1. The molecule has 182 valence electrons. The van der Waals surface area contributed by atoms with Crippen LogP contribution in [0.1, 0.15) is 23.4 Å². The minimum Gasteiger partial charge on any atom is -0.492 e. The number of fused-ring (bicyclic) bond motifs is 1. The predicted molar refractivity (Wildman–Crippen MR) is 125 cm³/mol. The molecule has 1 fully saturated rings. The maximum atomic E-state index is 12.1. The highest BCUT2D eigenvalue weighted by molar-refractivity contribution is 7.17. The molecule has 4 heterocycles. The number of ether oxygens (including phenoxy) is 1. The highest BCUT2D eigenvalue weighted by atomic mass is 32.1. The number of hydrogen-bond donors (Lipinski definition) is 1. The number of non-ortho nitro benzene ring substituents is 1.